The van der Waals surface area contributed by atoms with Gasteiger partial charge in [-0.1, -0.05) is 30.3 Å². The quantitative estimate of drug-likeness (QED) is 0.435. The summed E-state index contributed by atoms with van der Waals surface area (Å²) in [6.07, 6.45) is 3.28. The number of methoxy groups -OCH3 is 1. The van der Waals surface area contributed by atoms with Gasteiger partial charge in [-0.05, 0) is 35.0 Å². The molecule has 4 aromatic rings. The number of carbonyl (C=O) groups excluding carboxylic acids is 1. The van der Waals surface area contributed by atoms with E-state index in [9.17, 15) is 19.5 Å². The monoisotopic (exact) mass is 486 g/mol. The normalized spacial score (nSPS) is 13.7. The number of fused-ring (bicyclic) bond motifs is 1. The molecule has 2 aromatic heterocycles. The van der Waals surface area contributed by atoms with Gasteiger partial charge in [0.15, 0.2) is 0 Å². The molecule has 0 fully saturated rings. The van der Waals surface area contributed by atoms with Gasteiger partial charge in [0.1, 0.15) is 11.3 Å². The molecule has 1 aliphatic heterocycles. The summed E-state index contributed by atoms with van der Waals surface area (Å²) >= 11 is 1.36. The van der Waals surface area contributed by atoms with Gasteiger partial charge in [-0.3, -0.25) is 9.59 Å². The minimum absolute atomic E-state index is 0.115. The zero-order valence-electron chi connectivity index (χ0n) is 19.1. The average molecular weight is 487 g/mol. The van der Waals surface area contributed by atoms with Crippen molar-refractivity contribution in [1.29, 1.82) is 0 Å². The maximum absolute atomic E-state index is 13.4. The molecule has 8 heteroatoms. The highest BCUT2D eigenvalue weighted by Gasteiger charge is 2.32. The van der Waals surface area contributed by atoms with Crippen LogP contribution in [-0.4, -0.2) is 35.2 Å². The number of pyridine rings is 1. The Labute approximate surface area is 205 Å². The molecule has 1 N–H and O–H groups in total. The van der Waals surface area contributed by atoms with E-state index in [2.05, 4.69) is 0 Å². The van der Waals surface area contributed by atoms with Crippen LogP contribution >= 0.6 is 11.3 Å². The number of rotatable bonds is 6. The van der Waals surface area contributed by atoms with Crippen molar-refractivity contribution in [3.8, 4) is 10.4 Å². The first-order valence-corrected chi connectivity index (χ1v) is 11.8. The minimum Gasteiger partial charge on any atom is -0.499 e. The first-order valence-electron chi connectivity index (χ1n) is 10.9. The summed E-state index contributed by atoms with van der Waals surface area (Å²) in [5.74, 6) is -0.762. The Bertz CT molecular complexity index is 1580. The van der Waals surface area contributed by atoms with Crippen LogP contribution in [0.3, 0.4) is 0 Å². The van der Waals surface area contributed by atoms with E-state index in [0.717, 1.165) is 21.3 Å². The number of benzene rings is 2. The predicted octanol–water partition coefficient (Wildman–Crippen LogP) is 4.46. The van der Waals surface area contributed by atoms with Gasteiger partial charge in [-0.15, -0.1) is 11.3 Å². The molecule has 2 aromatic carbocycles. The van der Waals surface area contributed by atoms with Crippen molar-refractivity contribution in [1.82, 2.24) is 4.57 Å². The number of anilines is 1. The van der Waals surface area contributed by atoms with Crippen molar-refractivity contribution >= 4 is 39.7 Å². The molecule has 0 aliphatic carbocycles. The Morgan fingerprint density at radius 3 is 2.57 bits per heavy atom. The minimum atomic E-state index is -1.26. The number of nitrogens with zero attached hydrogens (tertiary/aromatic N) is 2. The highest BCUT2D eigenvalue weighted by molar-refractivity contribution is 7.15. The molecule has 7 nitrogen and oxygen atoms in total. The van der Waals surface area contributed by atoms with Gasteiger partial charge in [-0.2, -0.15) is 0 Å². The number of aromatic nitrogens is 1. The number of aryl methyl sites for hydroxylation is 1. The number of aromatic carboxylic acids is 1. The van der Waals surface area contributed by atoms with E-state index in [-0.39, 0.29) is 11.5 Å². The molecule has 176 valence electrons. The fraction of sp³-hybridized carbons (Fsp3) is 0.148. The first kappa shape index (κ1) is 22.6. The van der Waals surface area contributed by atoms with Crippen LogP contribution in [0.1, 0.15) is 15.2 Å². The second-order valence-corrected chi connectivity index (χ2v) is 9.52. The number of hydrogen-bond acceptors (Lipinski definition) is 5. The van der Waals surface area contributed by atoms with Gasteiger partial charge in [0.2, 0.25) is 5.43 Å². The smallest absolute Gasteiger partial charge is 0.341 e. The molecule has 5 rings (SSSR count). The second-order valence-electron chi connectivity index (χ2n) is 8.36. The molecule has 1 aliphatic rings. The summed E-state index contributed by atoms with van der Waals surface area (Å²) < 4.78 is 7.14. The van der Waals surface area contributed by atoms with Crippen LogP contribution in [0.25, 0.3) is 21.2 Å². The Morgan fingerprint density at radius 2 is 1.83 bits per heavy atom. The van der Waals surface area contributed by atoms with Gasteiger partial charge in [0.05, 0.1) is 24.8 Å². The Hall–Kier alpha value is -4.17. The lowest BCUT2D eigenvalue weighted by Crippen LogP contribution is -2.27. The van der Waals surface area contributed by atoms with E-state index >= 15 is 0 Å². The van der Waals surface area contributed by atoms with Crippen LogP contribution in [0, 0.1) is 0 Å². The van der Waals surface area contributed by atoms with Crippen LogP contribution in [0.4, 0.5) is 5.69 Å². The molecule has 0 bridgehead atoms. The maximum Gasteiger partial charge on any atom is 0.341 e. The predicted molar refractivity (Wildman–Crippen MR) is 136 cm³/mol. The molecular weight excluding hydrogens is 464 g/mol. The fourth-order valence-electron chi connectivity index (χ4n) is 4.33. The van der Waals surface area contributed by atoms with Gasteiger partial charge < -0.3 is 19.3 Å². The summed E-state index contributed by atoms with van der Waals surface area (Å²) in [7, 11) is 3.24. The van der Waals surface area contributed by atoms with Crippen molar-refractivity contribution in [3.05, 3.63) is 99.0 Å². The Kier molecular flexibility index (Phi) is 5.74. The first-order chi connectivity index (χ1) is 16.9. The zero-order valence-corrected chi connectivity index (χ0v) is 20.0. The van der Waals surface area contributed by atoms with Crippen LogP contribution in [0.2, 0.25) is 0 Å². The molecule has 0 atom stereocenters. The third-order valence-corrected chi connectivity index (χ3v) is 7.21. The molecule has 0 radical (unpaired) electrons. The standard InChI is InChI=1S/C27H22N2O5S/c1-28-13-21(25(30)22(14-28)27(32)33)24-10-9-19(35-24)12-20-23(34-2)15-29(26(20)31)18-8-7-16-5-3-4-6-17(16)11-18/h3-11,13-14H,12,15H2,1-2H3,(H,32,33). The van der Waals surface area contributed by atoms with Crippen molar-refractivity contribution < 1.29 is 19.4 Å². The molecule has 0 spiro atoms. The molecule has 0 unspecified atom stereocenters. The molecule has 0 saturated heterocycles. The number of thiophene rings is 1. The van der Waals surface area contributed by atoms with Crippen LogP contribution in [-0.2, 0) is 23.0 Å². The fourth-order valence-corrected chi connectivity index (χ4v) is 5.36. The highest BCUT2D eigenvalue weighted by atomic mass is 32.1. The summed E-state index contributed by atoms with van der Waals surface area (Å²) in [6.45, 7) is 0.350. The Balaban J connectivity index is 1.43. The third kappa shape index (κ3) is 4.13. The molecule has 0 saturated carbocycles. The van der Waals surface area contributed by atoms with E-state index in [1.54, 1.807) is 35.9 Å². The van der Waals surface area contributed by atoms with Crippen LogP contribution < -0.4 is 10.3 Å². The van der Waals surface area contributed by atoms with Crippen molar-refractivity contribution in [2.45, 2.75) is 6.42 Å². The van der Waals surface area contributed by atoms with Gasteiger partial charge in [0, 0.05) is 41.3 Å². The van der Waals surface area contributed by atoms with E-state index in [1.165, 1.54) is 17.5 Å². The topological polar surface area (TPSA) is 88.8 Å². The molecule has 35 heavy (non-hydrogen) atoms. The number of carboxylic acid groups (broad SMARTS) is 1. The van der Waals surface area contributed by atoms with Gasteiger partial charge >= 0.3 is 5.97 Å². The summed E-state index contributed by atoms with van der Waals surface area (Å²) in [4.78, 5) is 40.8. The molecule has 1 amide bonds. The van der Waals surface area contributed by atoms with E-state index in [4.69, 9.17) is 4.74 Å². The number of ether oxygens (including phenoxy) is 1. The number of amides is 1. The van der Waals surface area contributed by atoms with E-state index < -0.39 is 11.4 Å². The number of carbonyl (C=O) groups is 2. The van der Waals surface area contributed by atoms with Crippen molar-refractivity contribution in [2.75, 3.05) is 18.6 Å². The molecule has 3 heterocycles. The zero-order chi connectivity index (χ0) is 24.7. The molecular formula is C27H22N2O5S. The SMILES string of the molecule is COC1=C(Cc2ccc(-c3cn(C)cc(C(=O)O)c3=O)s2)C(=O)N(c2ccc3ccccc3c2)C1. The van der Waals surface area contributed by atoms with E-state index in [0.29, 0.717) is 34.7 Å². The number of carboxylic acids is 1. The van der Waals surface area contributed by atoms with Crippen LogP contribution in [0.15, 0.2) is 83.1 Å². The second kappa shape index (κ2) is 8.88. The lowest BCUT2D eigenvalue weighted by atomic mass is 10.1. The number of hydrogen-bond donors (Lipinski definition) is 1. The average Bonchev–Trinajstić information content (AvgIpc) is 3.44. The lowest BCUT2D eigenvalue weighted by Gasteiger charge is -2.17. The van der Waals surface area contributed by atoms with Gasteiger partial charge in [-0.25, -0.2) is 4.79 Å². The van der Waals surface area contributed by atoms with E-state index in [1.807, 2.05) is 48.5 Å². The maximum atomic E-state index is 13.4. The summed E-state index contributed by atoms with van der Waals surface area (Å²) in [5, 5.41) is 11.5. The summed E-state index contributed by atoms with van der Waals surface area (Å²) in [6, 6.07) is 17.6. The summed E-state index contributed by atoms with van der Waals surface area (Å²) in [5.41, 5.74) is 0.891. The highest BCUT2D eigenvalue weighted by Crippen LogP contribution is 2.33. The Morgan fingerprint density at radius 1 is 1.06 bits per heavy atom. The third-order valence-electron chi connectivity index (χ3n) is 6.10. The van der Waals surface area contributed by atoms with Crippen molar-refractivity contribution in [2.24, 2.45) is 7.05 Å². The van der Waals surface area contributed by atoms with Crippen molar-refractivity contribution in [3.63, 3.8) is 0 Å². The largest absolute Gasteiger partial charge is 0.499 e. The van der Waals surface area contributed by atoms with Gasteiger partial charge in [0.25, 0.3) is 5.91 Å². The van der Waals surface area contributed by atoms with Crippen LogP contribution in [0.5, 0.6) is 0 Å². The lowest BCUT2D eigenvalue weighted by molar-refractivity contribution is -0.114.